The van der Waals surface area contributed by atoms with E-state index < -0.39 is 33.0 Å². The molecular formula is C28H27Cl2F3O4S. The second-order valence-corrected chi connectivity index (χ2v) is 12.0. The Morgan fingerprint density at radius 1 is 0.842 bits per heavy atom. The van der Waals surface area contributed by atoms with Crippen molar-refractivity contribution < 1.29 is 31.1 Å². The van der Waals surface area contributed by atoms with Crippen LogP contribution in [0, 0.1) is 0 Å². The number of ether oxygens (including phenoxy) is 1. The molecule has 0 unspecified atom stereocenters. The molecule has 3 aromatic carbocycles. The highest BCUT2D eigenvalue weighted by Gasteiger charge is 2.46. The van der Waals surface area contributed by atoms with E-state index in [0.717, 1.165) is 0 Å². The summed E-state index contributed by atoms with van der Waals surface area (Å²) in [6.07, 6.45) is -4.64. The summed E-state index contributed by atoms with van der Waals surface area (Å²) in [5, 5.41) is 0.976. The minimum atomic E-state index is -4.85. The van der Waals surface area contributed by atoms with Crippen molar-refractivity contribution in [3.05, 3.63) is 99.5 Å². The number of rotatable bonds is 12. The third kappa shape index (κ3) is 7.10. The van der Waals surface area contributed by atoms with Gasteiger partial charge in [0.2, 0.25) is 5.78 Å². The molecule has 0 heterocycles. The molecule has 204 valence electrons. The molecule has 10 heteroatoms. The molecular weight excluding hydrogens is 560 g/mol. The molecule has 0 saturated carbocycles. The van der Waals surface area contributed by atoms with Gasteiger partial charge in [-0.15, -0.1) is 0 Å². The highest BCUT2D eigenvalue weighted by atomic mass is 35.5. The predicted molar refractivity (Wildman–Crippen MR) is 144 cm³/mol. The molecule has 0 amide bonds. The summed E-state index contributed by atoms with van der Waals surface area (Å²) in [6.45, 7) is 1.78. The van der Waals surface area contributed by atoms with Crippen molar-refractivity contribution in [1.82, 2.24) is 0 Å². The number of carbonyl (C=O) groups excluding carboxylic acids is 1. The fraction of sp³-hybridized carbons (Fsp3) is 0.321. The molecule has 0 aromatic heterocycles. The number of hydrogen-bond acceptors (Lipinski definition) is 4. The summed E-state index contributed by atoms with van der Waals surface area (Å²) >= 11 is 12.2. The van der Waals surface area contributed by atoms with E-state index in [4.69, 9.17) is 27.9 Å². The highest BCUT2D eigenvalue weighted by molar-refractivity contribution is 7.92. The normalized spacial score (nSPS) is 12.4. The number of halogens is 5. The number of hydrogen-bond donors (Lipinski definition) is 0. The first-order chi connectivity index (χ1) is 17.9. The van der Waals surface area contributed by atoms with Crippen LogP contribution in [-0.4, -0.2) is 32.7 Å². The van der Waals surface area contributed by atoms with Crippen molar-refractivity contribution >= 4 is 38.8 Å². The monoisotopic (exact) mass is 586 g/mol. The lowest BCUT2D eigenvalue weighted by atomic mass is 9.86. The molecule has 0 atom stereocenters. The van der Waals surface area contributed by atoms with Crippen LogP contribution in [0.3, 0.4) is 0 Å². The zero-order valence-electron chi connectivity index (χ0n) is 20.6. The Morgan fingerprint density at radius 3 is 1.79 bits per heavy atom. The summed E-state index contributed by atoms with van der Waals surface area (Å²) in [7, 11) is -3.84. The van der Waals surface area contributed by atoms with Crippen LogP contribution in [0.15, 0.2) is 72.8 Å². The van der Waals surface area contributed by atoms with Crippen LogP contribution < -0.4 is 4.74 Å². The maximum absolute atomic E-state index is 14.0. The SMILES string of the molecule is CCCC(c1ccc(Cl)cc1)(c1ccc(Cl)cc1)S(=O)(=O)CCOc1ccc(CCC(=O)C(F)(F)F)cc1. The van der Waals surface area contributed by atoms with Crippen LogP contribution in [0.2, 0.25) is 10.0 Å². The molecule has 0 fully saturated rings. The molecule has 0 N–H and O–H groups in total. The molecule has 38 heavy (non-hydrogen) atoms. The lowest BCUT2D eigenvalue weighted by Crippen LogP contribution is -2.40. The van der Waals surface area contributed by atoms with Gasteiger partial charge in [0, 0.05) is 16.5 Å². The lowest BCUT2D eigenvalue weighted by molar-refractivity contribution is -0.171. The van der Waals surface area contributed by atoms with Crippen LogP contribution in [0.25, 0.3) is 0 Å². The van der Waals surface area contributed by atoms with E-state index in [1.165, 1.54) is 12.1 Å². The molecule has 0 bridgehead atoms. The van der Waals surface area contributed by atoms with Crippen molar-refractivity contribution in [2.45, 2.75) is 43.5 Å². The van der Waals surface area contributed by atoms with E-state index in [9.17, 15) is 26.4 Å². The number of aryl methyl sites for hydroxylation is 1. The van der Waals surface area contributed by atoms with Crippen LogP contribution in [-0.2, 0) is 25.8 Å². The van der Waals surface area contributed by atoms with Crippen LogP contribution in [0.4, 0.5) is 13.2 Å². The molecule has 3 aromatic rings. The zero-order chi connectivity index (χ0) is 28.0. The molecule has 0 aliphatic rings. The van der Waals surface area contributed by atoms with Gasteiger partial charge in [-0.2, -0.15) is 13.2 Å². The quantitative estimate of drug-likeness (QED) is 0.219. The molecule has 0 saturated heterocycles. The molecule has 0 aliphatic carbocycles. The van der Waals surface area contributed by atoms with E-state index in [1.807, 2.05) is 6.92 Å². The number of Topliss-reactive ketones (excluding diaryl/α,β-unsaturated/α-hetero) is 1. The standard InChI is InChI=1S/C28H27Cl2F3O4S/c1-2-17-27(21-6-10-23(29)11-7-21,22-8-12-24(30)13-9-22)38(35,36)19-18-37-25-14-3-20(4-15-25)5-16-26(34)28(31,32)33/h3-4,6-15H,2,5,16-19H2,1H3. The Labute approximate surface area is 230 Å². The molecule has 4 nitrogen and oxygen atoms in total. The van der Waals surface area contributed by atoms with Gasteiger partial charge >= 0.3 is 6.18 Å². The van der Waals surface area contributed by atoms with Crippen molar-refractivity contribution in [2.75, 3.05) is 12.4 Å². The Bertz CT molecular complexity index is 1280. The first kappa shape index (κ1) is 30.0. The van der Waals surface area contributed by atoms with E-state index in [0.29, 0.717) is 45.3 Å². The lowest BCUT2D eigenvalue weighted by Gasteiger charge is -2.34. The number of sulfone groups is 1. The van der Waals surface area contributed by atoms with Gasteiger partial charge in [0.05, 0.1) is 5.75 Å². The Morgan fingerprint density at radius 2 is 1.34 bits per heavy atom. The van der Waals surface area contributed by atoms with Crippen LogP contribution in [0.5, 0.6) is 5.75 Å². The van der Waals surface area contributed by atoms with Gasteiger partial charge in [-0.05, 0) is 65.9 Å². The summed E-state index contributed by atoms with van der Waals surface area (Å²) in [4.78, 5) is 11.1. The van der Waals surface area contributed by atoms with Crippen molar-refractivity contribution in [1.29, 1.82) is 0 Å². The average molecular weight is 587 g/mol. The number of alkyl halides is 3. The van der Waals surface area contributed by atoms with Gasteiger partial charge in [-0.25, -0.2) is 8.42 Å². The topological polar surface area (TPSA) is 60.4 Å². The largest absolute Gasteiger partial charge is 0.493 e. The highest BCUT2D eigenvalue weighted by Crippen LogP contribution is 2.43. The minimum absolute atomic E-state index is 0.0608. The van der Waals surface area contributed by atoms with Gasteiger partial charge in [-0.3, -0.25) is 4.79 Å². The van der Waals surface area contributed by atoms with Crippen molar-refractivity contribution in [2.24, 2.45) is 0 Å². The first-order valence-electron chi connectivity index (χ1n) is 11.9. The summed E-state index contributed by atoms with van der Waals surface area (Å²) in [5.74, 6) is -1.70. The molecule has 0 radical (unpaired) electrons. The second-order valence-electron chi connectivity index (χ2n) is 8.82. The van der Waals surface area contributed by atoms with Gasteiger partial charge in [0.25, 0.3) is 0 Å². The average Bonchev–Trinajstić information content (AvgIpc) is 2.87. The fourth-order valence-corrected chi connectivity index (χ4v) is 6.76. The third-order valence-corrected chi connectivity index (χ3v) is 9.20. The van der Waals surface area contributed by atoms with E-state index in [1.54, 1.807) is 60.7 Å². The van der Waals surface area contributed by atoms with Crippen molar-refractivity contribution in [3.63, 3.8) is 0 Å². The second kappa shape index (κ2) is 12.5. The maximum Gasteiger partial charge on any atom is 0.449 e. The zero-order valence-corrected chi connectivity index (χ0v) is 22.9. The maximum atomic E-state index is 14.0. The number of carbonyl (C=O) groups is 1. The van der Waals surface area contributed by atoms with Crippen LogP contribution >= 0.6 is 23.2 Å². The van der Waals surface area contributed by atoms with Crippen molar-refractivity contribution in [3.8, 4) is 5.75 Å². The van der Waals surface area contributed by atoms with Crippen LogP contribution in [0.1, 0.15) is 42.9 Å². The fourth-order valence-electron chi connectivity index (χ4n) is 4.36. The first-order valence-corrected chi connectivity index (χ1v) is 14.4. The Balaban J connectivity index is 1.79. The van der Waals surface area contributed by atoms with Gasteiger partial charge in [0.15, 0.2) is 9.84 Å². The predicted octanol–water partition coefficient (Wildman–Crippen LogP) is 7.59. The Hall–Kier alpha value is -2.55. The third-order valence-electron chi connectivity index (χ3n) is 6.26. The Kier molecular flexibility index (Phi) is 9.90. The molecule has 3 rings (SSSR count). The molecule has 0 aliphatic heterocycles. The number of ketones is 1. The van der Waals surface area contributed by atoms with E-state index in [-0.39, 0.29) is 18.8 Å². The summed E-state index contributed by atoms with van der Waals surface area (Å²) < 4.78 is 69.6. The van der Waals surface area contributed by atoms with E-state index >= 15 is 0 Å². The van der Waals surface area contributed by atoms with Gasteiger partial charge in [0.1, 0.15) is 17.1 Å². The minimum Gasteiger partial charge on any atom is -0.493 e. The number of benzene rings is 3. The van der Waals surface area contributed by atoms with Gasteiger partial charge < -0.3 is 4.74 Å². The summed E-state index contributed by atoms with van der Waals surface area (Å²) in [5.41, 5.74) is 1.71. The van der Waals surface area contributed by atoms with Gasteiger partial charge in [-0.1, -0.05) is 72.9 Å². The molecule has 0 spiro atoms. The van der Waals surface area contributed by atoms with E-state index in [2.05, 4.69) is 0 Å². The summed E-state index contributed by atoms with van der Waals surface area (Å²) in [6, 6.07) is 19.7. The smallest absolute Gasteiger partial charge is 0.449 e.